The van der Waals surface area contributed by atoms with Crippen LogP contribution < -0.4 is 19.3 Å². The minimum atomic E-state index is 0.217. The van der Waals surface area contributed by atoms with Crippen molar-refractivity contribution in [2.24, 2.45) is 0 Å². The molecule has 2 atom stereocenters. The second-order valence-corrected chi connectivity index (χ2v) is 8.27. The largest absolute Gasteiger partial charge is 0.508 e. The van der Waals surface area contributed by atoms with Crippen molar-refractivity contribution in [3.8, 4) is 17.2 Å². The number of quaternary nitrogens is 1. The number of nitrogens with zero attached hydrogens (tertiary/aromatic N) is 2. The average molecular weight is 427 g/mol. The molecule has 0 spiro atoms. The van der Waals surface area contributed by atoms with E-state index >= 15 is 0 Å². The molecule has 2 saturated heterocycles. The number of ether oxygens (including phenoxy) is 2. The van der Waals surface area contributed by atoms with E-state index in [0.717, 1.165) is 68.3 Å². The van der Waals surface area contributed by atoms with Gasteiger partial charge in [0.2, 0.25) is 0 Å². The molecule has 2 heterocycles. The van der Waals surface area contributed by atoms with Crippen LogP contribution in [0.25, 0.3) is 0 Å². The number of benzene rings is 2. The van der Waals surface area contributed by atoms with Gasteiger partial charge in [-0.1, -0.05) is 0 Å². The molecule has 2 aliphatic heterocycles. The van der Waals surface area contributed by atoms with Gasteiger partial charge < -0.3 is 29.3 Å². The van der Waals surface area contributed by atoms with Gasteiger partial charge in [0, 0.05) is 44.7 Å². The molecule has 2 aromatic carbocycles. The van der Waals surface area contributed by atoms with Crippen molar-refractivity contribution in [2.45, 2.75) is 18.9 Å². The van der Waals surface area contributed by atoms with E-state index in [1.165, 1.54) is 4.90 Å². The zero-order valence-electron chi connectivity index (χ0n) is 18.3. The van der Waals surface area contributed by atoms with Gasteiger partial charge in [0.1, 0.15) is 23.3 Å². The summed E-state index contributed by atoms with van der Waals surface area (Å²) in [5.41, 5.74) is 2.21. The van der Waals surface area contributed by atoms with Gasteiger partial charge >= 0.3 is 0 Å². The smallest absolute Gasteiger partial charge is 0.277 e. The number of likely N-dealkylation sites (tertiary alicyclic amines) is 1. The monoisotopic (exact) mass is 426 g/mol. The highest BCUT2D eigenvalue weighted by Crippen LogP contribution is 2.31. The van der Waals surface area contributed by atoms with Crippen LogP contribution >= 0.6 is 0 Å². The lowest BCUT2D eigenvalue weighted by Crippen LogP contribution is -3.11. The Morgan fingerprint density at radius 3 is 2.48 bits per heavy atom. The number of carbonyl (C=O) groups is 1. The number of phenols is 1. The lowest BCUT2D eigenvalue weighted by molar-refractivity contribution is -0.910. The second-order valence-electron chi connectivity index (χ2n) is 8.27. The molecule has 0 radical (unpaired) electrons. The van der Waals surface area contributed by atoms with Crippen LogP contribution in [0.3, 0.4) is 0 Å². The SMILES string of the molecule is COc1ccc(OC)c([C@H]2CCC[NH+]2CC(=O)N2CCN(c3ccc(O)cc3)CC2)c1. The molecule has 7 heteroatoms. The number of methoxy groups -OCH3 is 2. The second kappa shape index (κ2) is 9.47. The Kier molecular flexibility index (Phi) is 6.51. The first kappa shape index (κ1) is 21.3. The van der Waals surface area contributed by atoms with Crippen LogP contribution in [0.4, 0.5) is 5.69 Å². The van der Waals surface area contributed by atoms with Crippen molar-refractivity contribution < 1.29 is 24.3 Å². The van der Waals surface area contributed by atoms with Crippen molar-refractivity contribution in [1.29, 1.82) is 0 Å². The Hall–Kier alpha value is -2.93. The minimum absolute atomic E-state index is 0.217. The maximum atomic E-state index is 13.1. The zero-order chi connectivity index (χ0) is 21.8. The minimum Gasteiger partial charge on any atom is -0.508 e. The fraction of sp³-hybridized carbons (Fsp3) is 0.458. The van der Waals surface area contributed by atoms with Crippen LogP contribution in [0.5, 0.6) is 17.2 Å². The number of phenolic OH excluding ortho intramolecular Hbond substituents is 1. The molecule has 4 rings (SSSR count). The molecule has 0 saturated carbocycles. The summed E-state index contributed by atoms with van der Waals surface area (Å²) < 4.78 is 11.0. The molecule has 2 fully saturated rings. The Morgan fingerprint density at radius 2 is 1.81 bits per heavy atom. The first-order valence-corrected chi connectivity index (χ1v) is 11.0. The van der Waals surface area contributed by atoms with Gasteiger partial charge in [0.15, 0.2) is 6.54 Å². The number of rotatable bonds is 6. The van der Waals surface area contributed by atoms with Gasteiger partial charge in [-0.2, -0.15) is 0 Å². The van der Waals surface area contributed by atoms with Crippen molar-refractivity contribution in [1.82, 2.24) is 4.90 Å². The average Bonchev–Trinajstić information content (AvgIpc) is 3.27. The van der Waals surface area contributed by atoms with E-state index < -0.39 is 0 Å². The molecule has 7 nitrogen and oxygen atoms in total. The van der Waals surface area contributed by atoms with Crippen molar-refractivity contribution in [3.63, 3.8) is 0 Å². The van der Waals surface area contributed by atoms with Crippen LogP contribution in [0, 0.1) is 0 Å². The number of aromatic hydroxyl groups is 1. The van der Waals surface area contributed by atoms with Crippen LogP contribution in [-0.4, -0.2) is 69.4 Å². The summed E-state index contributed by atoms with van der Waals surface area (Å²) in [6.45, 7) is 4.55. The van der Waals surface area contributed by atoms with Crippen molar-refractivity contribution in [2.75, 3.05) is 58.4 Å². The molecule has 2 aliphatic rings. The van der Waals surface area contributed by atoms with E-state index in [-0.39, 0.29) is 17.7 Å². The van der Waals surface area contributed by atoms with Gasteiger partial charge in [0.25, 0.3) is 5.91 Å². The molecule has 1 unspecified atom stereocenters. The number of amides is 1. The third-order valence-corrected chi connectivity index (χ3v) is 6.52. The maximum Gasteiger partial charge on any atom is 0.277 e. The van der Waals surface area contributed by atoms with Gasteiger partial charge in [-0.3, -0.25) is 4.79 Å². The Labute approximate surface area is 183 Å². The van der Waals surface area contributed by atoms with Crippen LogP contribution in [0.15, 0.2) is 42.5 Å². The standard InChI is InChI=1S/C24H31N3O4/c1-30-20-9-10-23(31-2)21(16-20)22-4-3-11-27(22)17-24(29)26-14-12-25(13-15-26)18-5-7-19(28)8-6-18/h5-10,16,22,28H,3-4,11-15,17H2,1-2H3/p+1/t22-/m1/s1. The highest BCUT2D eigenvalue weighted by atomic mass is 16.5. The molecular formula is C24H32N3O4+. The summed E-state index contributed by atoms with van der Waals surface area (Å²) in [4.78, 5) is 18.6. The predicted octanol–water partition coefficient (Wildman–Crippen LogP) is 1.48. The summed E-state index contributed by atoms with van der Waals surface area (Å²) in [6, 6.07) is 13.4. The third kappa shape index (κ3) is 4.71. The van der Waals surface area contributed by atoms with E-state index in [1.54, 1.807) is 26.4 Å². The maximum absolute atomic E-state index is 13.1. The normalized spacial score (nSPS) is 21.2. The molecular weight excluding hydrogens is 394 g/mol. The van der Waals surface area contributed by atoms with Crippen molar-refractivity contribution in [3.05, 3.63) is 48.0 Å². The summed E-state index contributed by atoms with van der Waals surface area (Å²) in [6.07, 6.45) is 2.14. The molecule has 0 aromatic heterocycles. The summed E-state index contributed by atoms with van der Waals surface area (Å²) in [5, 5.41) is 9.48. The molecule has 2 N–H and O–H groups in total. The molecule has 0 aliphatic carbocycles. The quantitative estimate of drug-likeness (QED) is 0.733. The fourth-order valence-electron chi connectivity index (χ4n) is 4.79. The zero-order valence-corrected chi connectivity index (χ0v) is 18.3. The van der Waals surface area contributed by atoms with Crippen LogP contribution in [0.2, 0.25) is 0 Å². The van der Waals surface area contributed by atoms with Gasteiger partial charge in [0.05, 0.1) is 26.3 Å². The molecule has 31 heavy (non-hydrogen) atoms. The fourth-order valence-corrected chi connectivity index (χ4v) is 4.79. The summed E-state index contributed by atoms with van der Waals surface area (Å²) in [5.74, 6) is 2.17. The lowest BCUT2D eigenvalue weighted by atomic mass is 10.0. The third-order valence-electron chi connectivity index (χ3n) is 6.52. The summed E-state index contributed by atoms with van der Waals surface area (Å²) in [7, 11) is 3.37. The van der Waals surface area contributed by atoms with E-state index in [0.29, 0.717) is 6.54 Å². The first-order chi connectivity index (χ1) is 15.1. The van der Waals surface area contributed by atoms with E-state index in [1.807, 2.05) is 29.2 Å². The predicted molar refractivity (Wildman–Crippen MR) is 119 cm³/mol. The van der Waals surface area contributed by atoms with E-state index in [9.17, 15) is 9.90 Å². The van der Waals surface area contributed by atoms with Crippen LogP contribution in [-0.2, 0) is 4.79 Å². The Bertz CT molecular complexity index is 894. The number of anilines is 1. The van der Waals surface area contributed by atoms with Gasteiger partial charge in [-0.15, -0.1) is 0 Å². The number of hydrogen-bond donors (Lipinski definition) is 2. The number of piperazine rings is 1. The molecule has 166 valence electrons. The number of nitrogens with one attached hydrogen (secondary N) is 1. The highest BCUT2D eigenvalue weighted by molar-refractivity contribution is 5.77. The number of hydrogen-bond acceptors (Lipinski definition) is 5. The van der Waals surface area contributed by atoms with Gasteiger partial charge in [-0.25, -0.2) is 0 Å². The first-order valence-electron chi connectivity index (χ1n) is 11.0. The topological polar surface area (TPSA) is 66.7 Å². The Balaban J connectivity index is 1.38. The number of carbonyl (C=O) groups excluding carboxylic acids is 1. The van der Waals surface area contributed by atoms with E-state index in [2.05, 4.69) is 11.0 Å². The van der Waals surface area contributed by atoms with Crippen LogP contribution in [0.1, 0.15) is 24.4 Å². The van der Waals surface area contributed by atoms with Crippen molar-refractivity contribution >= 4 is 11.6 Å². The van der Waals surface area contributed by atoms with E-state index in [4.69, 9.17) is 9.47 Å². The lowest BCUT2D eigenvalue weighted by Gasteiger charge is -2.36. The summed E-state index contributed by atoms with van der Waals surface area (Å²) >= 11 is 0. The Morgan fingerprint density at radius 1 is 1.06 bits per heavy atom. The van der Waals surface area contributed by atoms with Gasteiger partial charge in [-0.05, 0) is 42.5 Å². The highest BCUT2D eigenvalue weighted by Gasteiger charge is 2.35. The molecule has 2 aromatic rings. The molecule has 0 bridgehead atoms. The molecule has 1 amide bonds.